The normalized spacial score (nSPS) is 10.6. The average molecular weight is 254 g/mol. The quantitative estimate of drug-likeness (QED) is 0.840. The highest BCUT2D eigenvalue weighted by molar-refractivity contribution is 5.43. The van der Waals surface area contributed by atoms with Gasteiger partial charge < -0.3 is 10.4 Å². The molecule has 0 saturated carbocycles. The molecule has 0 aliphatic rings. The van der Waals surface area contributed by atoms with E-state index in [9.17, 15) is 8.78 Å². The smallest absolute Gasteiger partial charge is 0.128 e. The number of aliphatic hydroxyl groups is 1. The van der Waals surface area contributed by atoms with Crippen LogP contribution < -0.4 is 5.32 Å². The molecule has 18 heavy (non-hydrogen) atoms. The van der Waals surface area contributed by atoms with Gasteiger partial charge in [0.05, 0.1) is 25.9 Å². The molecule has 5 nitrogen and oxygen atoms in total. The van der Waals surface area contributed by atoms with Crippen LogP contribution in [0.25, 0.3) is 0 Å². The van der Waals surface area contributed by atoms with Crippen molar-refractivity contribution in [1.29, 1.82) is 0 Å². The maximum atomic E-state index is 12.9. The van der Waals surface area contributed by atoms with Crippen LogP contribution in [0, 0.1) is 11.6 Å². The van der Waals surface area contributed by atoms with Crippen LogP contribution in [-0.4, -0.2) is 26.7 Å². The fourth-order valence-corrected chi connectivity index (χ4v) is 1.48. The number of hydrogen-bond donors (Lipinski definition) is 2. The predicted octanol–water partition coefficient (Wildman–Crippen LogP) is 1.16. The minimum absolute atomic E-state index is 0.0225. The van der Waals surface area contributed by atoms with Gasteiger partial charge in [0.1, 0.15) is 17.3 Å². The van der Waals surface area contributed by atoms with Crippen molar-refractivity contribution in [1.82, 2.24) is 15.0 Å². The summed E-state index contributed by atoms with van der Waals surface area (Å²) in [4.78, 5) is 0. The molecule has 7 heteroatoms. The van der Waals surface area contributed by atoms with E-state index in [4.69, 9.17) is 5.11 Å². The van der Waals surface area contributed by atoms with Gasteiger partial charge in [-0.15, -0.1) is 5.10 Å². The summed E-state index contributed by atoms with van der Waals surface area (Å²) < 4.78 is 27.3. The Bertz CT molecular complexity index is 509. The first-order chi connectivity index (χ1) is 8.67. The summed E-state index contributed by atoms with van der Waals surface area (Å²) in [6, 6.07) is 3.20. The van der Waals surface area contributed by atoms with E-state index in [1.165, 1.54) is 16.8 Å². The Kier molecular flexibility index (Phi) is 3.83. The predicted molar refractivity (Wildman–Crippen MR) is 60.8 cm³/mol. The van der Waals surface area contributed by atoms with E-state index < -0.39 is 11.6 Å². The van der Waals surface area contributed by atoms with E-state index in [1.807, 2.05) is 0 Å². The monoisotopic (exact) mass is 254 g/mol. The summed E-state index contributed by atoms with van der Waals surface area (Å²) >= 11 is 0. The van der Waals surface area contributed by atoms with Crippen molar-refractivity contribution in [3.05, 3.63) is 41.7 Å². The summed E-state index contributed by atoms with van der Waals surface area (Å²) in [5.41, 5.74) is 0.956. The molecule has 0 amide bonds. The number of rotatable bonds is 5. The van der Waals surface area contributed by atoms with E-state index in [1.54, 1.807) is 6.20 Å². The first-order valence-corrected chi connectivity index (χ1v) is 5.37. The molecule has 96 valence electrons. The third kappa shape index (κ3) is 3.24. The Morgan fingerprint density at radius 1 is 1.22 bits per heavy atom. The largest absolute Gasteiger partial charge is 0.394 e. The molecule has 0 unspecified atom stereocenters. The Morgan fingerprint density at radius 3 is 2.61 bits per heavy atom. The number of benzene rings is 1. The van der Waals surface area contributed by atoms with Crippen LogP contribution in [0.4, 0.5) is 14.5 Å². The van der Waals surface area contributed by atoms with Crippen LogP contribution in [-0.2, 0) is 13.1 Å². The van der Waals surface area contributed by atoms with Crippen molar-refractivity contribution < 1.29 is 13.9 Å². The molecular weight excluding hydrogens is 242 g/mol. The molecule has 1 aromatic heterocycles. The van der Waals surface area contributed by atoms with Gasteiger partial charge in [0.15, 0.2) is 0 Å². The molecule has 0 bridgehead atoms. The lowest BCUT2D eigenvalue weighted by atomic mass is 10.3. The molecule has 0 aliphatic carbocycles. The maximum absolute atomic E-state index is 12.9. The molecule has 0 spiro atoms. The van der Waals surface area contributed by atoms with E-state index in [0.29, 0.717) is 24.5 Å². The van der Waals surface area contributed by atoms with Gasteiger partial charge in [-0.1, -0.05) is 5.21 Å². The minimum Gasteiger partial charge on any atom is -0.394 e. The zero-order valence-electron chi connectivity index (χ0n) is 9.48. The number of aromatic nitrogens is 3. The molecule has 0 saturated heterocycles. The van der Waals surface area contributed by atoms with Crippen LogP contribution >= 0.6 is 0 Å². The summed E-state index contributed by atoms with van der Waals surface area (Å²) in [5.74, 6) is -1.28. The van der Waals surface area contributed by atoms with Crippen molar-refractivity contribution in [2.24, 2.45) is 0 Å². The van der Waals surface area contributed by atoms with Gasteiger partial charge in [0, 0.05) is 11.8 Å². The summed E-state index contributed by atoms with van der Waals surface area (Å²) in [6.07, 6.45) is 1.65. The fourth-order valence-electron chi connectivity index (χ4n) is 1.48. The Balaban J connectivity index is 1.97. The highest BCUT2D eigenvalue weighted by Gasteiger charge is 2.03. The average Bonchev–Trinajstić information content (AvgIpc) is 2.74. The summed E-state index contributed by atoms with van der Waals surface area (Å²) in [5, 5.41) is 19.2. The molecule has 2 N–H and O–H groups in total. The van der Waals surface area contributed by atoms with Gasteiger partial charge in [-0.25, -0.2) is 13.5 Å². The van der Waals surface area contributed by atoms with E-state index in [2.05, 4.69) is 15.6 Å². The lowest BCUT2D eigenvalue weighted by Crippen LogP contribution is -2.02. The van der Waals surface area contributed by atoms with Gasteiger partial charge in [-0.05, 0) is 12.1 Å². The second-order valence-electron chi connectivity index (χ2n) is 3.71. The topological polar surface area (TPSA) is 63.0 Å². The van der Waals surface area contributed by atoms with Gasteiger partial charge in [-0.2, -0.15) is 0 Å². The van der Waals surface area contributed by atoms with Crippen LogP contribution in [0.2, 0.25) is 0 Å². The molecular formula is C11H12F2N4O. The zero-order valence-corrected chi connectivity index (χ0v) is 9.48. The first-order valence-electron chi connectivity index (χ1n) is 5.37. The van der Waals surface area contributed by atoms with Gasteiger partial charge in [-0.3, -0.25) is 0 Å². The molecule has 0 aliphatic heterocycles. The van der Waals surface area contributed by atoms with Crippen molar-refractivity contribution in [2.75, 3.05) is 11.9 Å². The summed E-state index contributed by atoms with van der Waals surface area (Å²) in [6.45, 7) is 0.640. The van der Waals surface area contributed by atoms with Crippen LogP contribution in [0.1, 0.15) is 5.69 Å². The Hall–Kier alpha value is -2.02. The van der Waals surface area contributed by atoms with E-state index >= 15 is 0 Å². The number of hydrogen-bond acceptors (Lipinski definition) is 4. The molecule has 0 fully saturated rings. The van der Waals surface area contributed by atoms with Gasteiger partial charge >= 0.3 is 0 Å². The first kappa shape index (κ1) is 12.4. The van der Waals surface area contributed by atoms with E-state index in [-0.39, 0.29) is 6.61 Å². The summed E-state index contributed by atoms with van der Waals surface area (Å²) in [7, 11) is 0. The number of nitrogens with zero attached hydrogens (tertiary/aromatic N) is 3. The minimum atomic E-state index is -0.638. The standard InChI is InChI=1S/C11H12F2N4O/c12-8-3-9(13)5-10(4-8)14-6-11-7-17(1-2-18)16-15-11/h3-5,7,14,18H,1-2,6H2. The lowest BCUT2D eigenvalue weighted by Gasteiger charge is -2.04. The van der Waals surface area contributed by atoms with Crippen molar-refractivity contribution in [3.63, 3.8) is 0 Å². The number of anilines is 1. The third-order valence-corrected chi connectivity index (χ3v) is 2.25. The second-order valence-corrected chi connectivity index (χ2v) is 3.71. The Morgan fingerprint density at radius 2 is 1.94 bits per heavy atom. The number of nitrogens with one attached hydrogen (secondary N) is 1. The van der Waals surface area contributed by atoms with Crippen molar-refractivity contribution in [3.8, 4) is 0 Å². The van der Waals surface area contributed by atoms with Gasteiger partial charge in [0.2, 0.25) is 0 Å². The SMILES string of the molecule is OCCn1cc(CNc2cc(F)cc(F)c2)nn1. The Labute approximate surface area is 102 Å². The van der Waals surface area contributed by atoms with Crippen LogP contribution in [0.15, 0.2) is 24.4 Å². The van der Waals surface area contributed by atoms with E-state index in [0.717, 1.165) is 6.07 Å². The number of aliphatic hydroxyl groups excluding tert-OH is 1. The maximum Gasteiger partial charge on any atom is 0.128 e. The molecule has 2 rings (SSSR count). The third-order valence-electron chi connectivity index (χ3n) is 2.25. The molecule has 1 aromatic carbocycles. The molecule has 1 heterocycles. The molecule has 0 radical (unpaired) electrons. The lowest BCUT2D eigenvalue weighted by molar-refractivity contribution is 0.268. The van der Waals surface area contributed by atoms with Crippen molar-refractivity contribution >= 4 is 5.69 Å². The number of halogens is 2. The van der Waals surface area contributed by atoms with Crippen LogP contribution in [0.3, 0.4) is 0 Å². The highest BCUT2D eigenvalue weighted by atomic mass is 19.1. The highest BCUT2D eigenvalue weighted by Crippen LogP contribution is 2.13. The fraction of sp³-hybridized carbons (Fsp3) is 0.273. The van der Waals surface area contributed by atoms with Crippen LogP contribution in [0.5, 0.6) is 0 Å². The molecule has 2 aromatic rings. The molecule has 0 atom stereocenters. The van der Waals surface area contributed by atoms with Crippen molar-refractivity contribution in [2.45, 2.75) is 13.1 Å². The van der Waals surface area contributed by atoms with Gasteiger partial charge in [0.25, 0.3) is 0 Å². The zero-order chi connectivity index (χ0) is 13.0. The second kappa shape index (κ2) is 5.54.